The lowest BCUT2D eigenvalue weighted by molar-refractivity contribution is -0.134. The van der Waals surface area contributed by atoms with Crippen molar-refractivity contribution in [2.45, 2.75) is 45.7 Å². The first-order valence-electron chi connectivity index (χ1n) is 7.10. The van der Waals surface area contributed by atoms with Gasteiger partial charge in [-0.25, -0.2) is 4.98 Å². The number of hydrogen-bond donors (Lipinski definition) is 1. The van der Waals surface area contributed by atoms with E-state index in [9.17, 15) is 4.79 Å². The molecule has 1 saturated heterocycles. The molecule has 0 aromatic carbocycles. The minimum Gasteiger partial charge on any atom is -0.337 e. The number of hydrogen-bond acceptors (Lipinski definition) is 3. The fourth-order valence-corrected chi connectivity index (χ4v) is 2.58. The van der Waals surface area contributed by atoms with Crippen LogP contribution in [0.15, 0.2) is 12.4 Å². The summed E-state index contributed by atoms with van der Waals surface area (Å²) in [7, 11) is 0. The van der Waals surface area contributed by atoms with Crippen molar-refractivity contribution in [3.63, 3.8) is 0 Å². The average Bonchev–Trinajstić information content (AvgIpc) is 2.85. The Morgan fingerprint density at radius 3 is 2.81 bits per heavy atom. The zero-order chi connectivity index (χ0) is 13.8. The molecule has 0 aliphatic carbocycles. The monoisotopic (exact) mass is 336 g/mol. The summed E-state index contributed by atoms with van der Waals surface area (Å²) in [5.41, 5.74) is 0. The van der Waals surface area contributed by atoms with E-state index >= 15 is 0 Å². The van der Waals surface area contributed by atoms with Crippen LogP contribution >= 0.6 is 24.8 Å². The highest BCUT2D eigenvalue weighted by Crippen LogP contribution is 2.13. The van der Waals surface area contributed by atoms with Crippen LogP contribution in [0.3, 0.4) is 0 Å². The minimum absolute atomic E-state index is 0. The van der Waals surface area contributed by atoms with E-state index in [1.54, 1.807) is 0 Å². The lowest BCUT2D eigenvalue weighted by Gasteiger charge is -2.34. The van der Waals surface area contributed by atoms with Crippen LogP contribution in [0, 0.1) is 0 Å². The zero-order valence-electron chi connectivity index (χ0n) is 12.9. The van der Waals surface area contributed by atoms with Gasteiger partial charge in [-0.2, -0.15) is 0 Å². The average molecular weight is 337 g/mol. The van der Waals surface area contributed by atoms with E-state index in [2.05, 4.69) is 35.6 Å². The van der Waals surface area contributed by atoms with Gasteiger partial charge < -0.3 is 14.8 Å². The second-order valence-electron chi connectivity index (χ2n) is 5.52. The summed E-state index contributed by atoms with van der Waals surface area (Å²) in [6.45, 7) is 9.69. The minimum atomic E-state index is 0. The van der Waals surface area contributed by atoms with Gasteiger partial charge in [-0.3, -0.25) is 4.79 Å². The number of rotatable bonds is 4. The summed E-state index contributed by atoms with van der Waals surface area (Å²) >= 11 is 0. The van der Waals surface area contributed by atoms with Crippen molar-refractivity contribution in [1.29, 1.82) is 0 Å². The molecule has 1 fully saturated rings. The standard InChI is InChI=1S/C14H24N4O.2ClH/c1-11(2)14-16-6-8-17(14)7-4-13(19)18-9-5-15-10-12(18)3;;/h6,8,11-12,15H,4-5,7,9-10H2,1-3H3;2*1H/t12-;;/m1../s1. The first-order chi connectivity index (χ1) is 9.09. The van der Waals surface area contributed by atoms with Crippen molar-refractivity contribution >= 4 is 30.7 Å². The molecular formula is C14H26Cl2N4O. The smallest absolute Gasteiger partial charge is 0.224 e. The summed E-state index contributed by atoms with van der Waals surface area (Å²) in [5.74, 6) is 1.70. The number of nitrogens with one attached hydrogen (secondary N) is 1. The van der Waals surface area contributed by atoms with Gasteiger partial charge in [0.15, 0.2) is 0 Å². The Morgan fingerprint density at radius 1 is 1.48 bits per heavy atom. The summed E-state index contributed by atoms with van der Waals surface area (Å²) in [4.78, 5) is 18.6. The molecule has 1 aliphatic heterocycles. The summed E-state index contributed by atoms with van der Waals surface area (Å²) in [6, 6.07) is 0.300. The van der Waals surface area contributed by atoms with Gasteiger partial charge >= 0.3 is 0 Å². The van der Waals surface area contributed by atoms with Crippen molar-refractivity contribution in [3.8, 4) is 0 Å². The van der Waals surface area contributed by atoms with E-state index in [-0.39, 0.29) is 30.7 Å². The Balaban J connectivity index is 0.00000200. The number of aromatic nitrogens is 2. The van der Waals surface area contributed by atoms with Gasteiger partial charge in [-0.1, -0.05) is 13.8 Å². The third-order valence-electron chi connectivity index (χ3n) is 3.65. The van der Waals surface area contributed by atoms with Gasteiger partial charge in [0.25, 0.3) is 0 Å². The SMILES string of the molecule is CC(C)c1nccn1CCC(=O)N1CCNC[C@H]1C.Cl.Cl. The molecule has 0 bridgehead atoms. The molecule has 1 aliphatic rings. The molecule has 0 spiro atoms. The van der Waals surface area contributed by atoms with Crippen molar-refractivity contribution in [2.24, 2.45) is 0 Å². The Hall–Kier alpha value is -0.780. The van der Waals surface area contributed by atoms with E-state index in [0.717, 1.165) is 32.0 Å². The maximum absolute atomic E-state index is 12.2. The fraction of sp³-hybridized carbons (Fsp3) is 0.714. The number of aryl methyl sites for hydroxylation is 1. The number of carbonyl (C=O) groups is 1. The molecule has 5 nitrogen and oxygen atoms in total. The third kappa shape index (κ3) is 5.16. The topological polar surface area (TPSA) is 50.2 Å². The maximum Gasteiger partial charge on any atom is 0.224 e. The van der Waals surface area contributed by atoms with Crippen molar-refractivity contribution in [3.05, 3.63) is 18.2 Å². The second-order valence-corrected chi connectivity index (χ2v) is 5.52. The number of nitrogens with zero attached hydrogens (tertiary/aromatic N) is 3. The van der Waals surface area contributed by atoms with E-state index < -0.39 is 0 Å². The highest BCUT2D eigenvalue weighted by Gasteiger charge is 2.22. The zero-order valence-corrected chi connectivity index (χ0v) is 14.5. The Labute approximate surface area is 139 Å². The molecule has 0 saturated carbocycles. The summed E-state index contributed by atoms with van der Waals surface area (Å²) in [5, 5.41) is 3.30. The van der Waals surface area contributed by atoms with E-state index in [4.69, 9.17) is 0 Å². The first-order valence-corrected chi connectivity index (χ1v) is 7.10. The normalized spacial score (nSPS) is 18.1. The molecule has 0 unspecified atom stereocenters. The molecule has 21 heavy (non-hydrogen) atoms. The molecule has 1 amide bonds. The molecule has 2 rings (SSSR count). The van der Waals surface area contributed by atoms with Crippen molar-refractivity contribution in [2.75, 3.05) is 19.6 Å². The van der Waals surface area contributed by atoms with Crippen LogP contribution in [0.4, 0.5) is 0 Å². The summed E-state index contributed by atoms with van der Waals surface area (Å²) < 4.78 is 2.09. The largest absolute Gasteiger partial charge is 0.337 e. The highest BCUT2D eigenvalue weighted by molar-refractivity contribution is 5.85. The van der Waals surface area contributed by atoms with Gasteiger partial charge in [-0.05, 0) is 6.92 Å². The van der Waals surface area contributed by atoms with Crippen LogP contribution in [0.25, 0.3) is 0 Å². The highest BCUT2D eigenvalue weighted by atomic mass is 35.5. The molecule has 1 N–H and O–H groups in total. The van der Waals surface area contributed by atoms with Crippen LogP contribution in [-0.2, 0) is 11.3 Å². The Kier molecular flexibility index (Phi) is 8.94. The van der Waals surface area contributed by atoms with Crippen LogP contribution in [0.2, 0.25) is 0 Å². The first kappa shape index (κ1) is 20.2. The maximum atomic E-state index is 12.2. The Bertz CT molecular complexity index is 436. The molecule has 2 heterocycles. The molecule has 0 radical (unpaired) electrons. The Morgan fingerprint density at radius 2 is 2.19 bits per heavy atom. The quantitative estimate of drug-likeness (QED) is 0.915. The lowest BCUT2D eigenvalue weighted by Crippen LogP contribution is -2.52. The van der Waals surface area contributed by atoms with Crippen LogP contribution in [0.1, 0.15) is 38.9 Å². The van der Waals surface area contributed by atoms with Gasteiger partial charge in [0.05, 0.1) is 0 Å². The molecule has 7 heteroatoms. The molecular weight excluding hydrogens is 311 g/mol. The van der Waals surface area contributed by atoms with Crippen LogP contribution < -0.4 is 5.32 Å². The van der Waals surface area contributed by atoms with Gasteiger partial charge in [0.1, 0.15) is 5.82 Å². The molecule has 1 atom stereocenters. The molecule has 1 aromatic heterocycles. The number of carbonyl (C=O) groups excluding carboxylic acids is 1. The fourth-order valence-electron chi connectivity index (χ4n) is 2.58. The third-order valence-corrected chi connectivity index (χ3v) is 3.65. The van der Waals surface area contributed by atoms with Gasteiger partial charge in [0, 0.05) is 57.0 Å². The number of halogens is 2. The summed E-state index contributed by atoms with van der Waals surface area (Å²) in [6.07, 6.45) is 4.33. The van der Waals surface area contributed by atoms with E-state index in [1.165, 1.54) is 0 Å². The van der Waals surface area contributed by atoms with Gasteiger partial charge in [0.2, 0.25) is 5.91 Å². The number of amides is 1. The van der Waals surface area contributed by atoms with Gasteiger partial charge in [-0.15, -0.1) is 24.8 Å². The predicted molar refractivity (Wildman–Crippen MR) is 89.5 cm³/mol. The molecule has 122 valence electrons. The van der Waals surface area contributed by atoms with Crippen LogP contribution in [-0.4, -0.2) is 46.0 Å². The lowest BCUT2D eigenvalue weighted by atomic mass is 10.2. The van der Waals surface area contributed by atoms with E-state index in [0.29, 0.717) is 18.4 Å². The number of piperazine rings is 1. The van der Waals surface area contributed by atoms with Crippen molar-refractivity contribution in [1.82, 2.24) is 19.8 Å². The second kappa shape index (κ2) is 9.28. The van der Waals surface area contributed by atoms with Crippen molar-refractivity contribution < 1.29 is 4.79 Å². The molecule has 1 aromatic rings. The number of imidazole rings is 1. The van der Waals surface area contributed by atoms with Crippen LogP contribution in [0.5, 0.6) is 0 Å². The predicted octanol–water partition coefficient (Wildman–Crippen LogP) is 2.06. The van der Waals surface area contributed by atoms with E-state index in [1.807, 2.05) is 17.3 Å².